The van der Waals surface area contributed by atoms with Gasteiger partial charge in [-0.1, -0.05) is 30.3 Å². The van der Waals surface area contributed by atoms with Gasteiger partial charge in [0.25, 0.3) is 0 Å². The lowest BCUT2D eigenvalue weighted by molar-refractivity contribution is 0.0691. The summed E-state index contributed by atoms with van der Waals surface area (Å²) in [4.78, 5) is 13.6. The third-order valence-corrected chi connectivity index (χ3v) is 2.73. The van der Waals surface area contributed by atoms with Crippen molar-refractivity contribution in [3.63, 3.8) is 0 Å². The summed E-state index contributed by atoms with van der Waals surface area (Å²) in [6.07, 6.45) is 2.91. The number of hydrogen-bond donors (Lipinski definition) is 2. The van der Waals surface area contributed by atoms with Gasteiger partial charge in [-0.05, 0) is 37.0 Å². The summed E-state index contributed by atoms with van der Waals surface area (Å²) in [6, 6.07) is 13.7. The highest BCUT2D eigenvalue weighted by Gasteiger charge is 2.05. The van der Waals surface area contributed by atoms with E-state index in [0.29, 0.717) is 0 Å². The zero-order valence-corrected chi connectivity index (χ0v) is 9.52. The molecular formula is C14H15NO2. The van der Waals surface area contributed by atoms with Gasteiger partial charge in [-0.15, -0.1) is 0 Å². The number of carboxylic acid groups (broad SMARTS) is 1. The predicted octanol–water partition coefficient (Wildman–Crippen LogP) is 2.89. The van der Waals surface area contributed by atoms with Gasteiger partial charge in [0.1, 0.15) is 5.69 Å². The molecule has 2 aromatic rings. The van der Waals surface area contributed by atoms with E-state index in [-0.39, 0.29) is 5.69 Å². The molecule has 0 saturated carbocycles. The van der Waals surface area contributed by atoms with E-state index in [1.807, 2.05) is 24.3 Å². The number of H-pyrrole nitrogens is 1. The molecule has 0 amide bonds. The number of carbonyl (C=O) groups is 1. The van der Waals surface area contributed by atoms with Crippen molar-refractivity contribution >= 4 is 5.97 Å². The lowest BCUT2D eigenvalue weighted by Gasteiger charge is -2.00. The summed E-state index contributed by atoms with van der Waals surface area (Å²) in [5.74, 6) is -0.903. The first-order chi connectivity index (χ1) is 8.25. The van der Waals surface area contributed by atoms with Crippen LogP contribution in [0.25, 0.3) is 0 Å². The third kappa shape index (κ3) is 3.21. The molecule has 2 N–H and O–H groups in total. The molecule has 0 bridgehead atoms. The third-order valence-electron chi connectivity index (χ3n) is 2.73. The first-order valence-electron chi connectivity index (χ1n) is 5.71. The lowest BCUT2D eigenvalue weighted by atomic mass is 10.1. The molecule has 88 valence electrons. The fourth-order valence-electron chi connectivity index (χ4n) is 1.84. The highest BCUT2D eigenvalue weighted by atomic mass is 16.4. The van der Waals surface area contributed by atoms with E-state index in [4.69, 9.17) is 5.11 Å². The van der Waals surface area contributed by atoms with Gasteiger partial charge in [0, 0.05) is 5.69 Å². The molecule has 0 aliphatic heterocycles. The van der Waals surface area contributed by atoms with Crippen LogP contribution in [0, 0.1) is 0 Å². The minimum atomic E-state index is -0.903. The van der Waals surface area contributed by atoms with Crippen molar-refractivity contribution in [2.45, 2.75) is 19.3 Å². The van der Waals surface area contributed by atoms with Crippen molar-refractivity contribution < 1.29 is 9.90 Å². The van der Waals surface area contributed by atoms with Gasteiger partial charge in [-0.25, -0.2) is 4.79 Å². The topological polar surface area (TPSA) is 53.1 Å². The Bertz CT molecular complexity index is 488. The molecule has 3 nitrogen and oxygen atoms in total. The Morgan fingerprint density at radius 1 is 1.06 bits per heavy atom. The van der Waals surface area contributed by atoms with E-state index in [0.717, 1.165) is 25.0 Å². The maximum atomic E-state index is 10.7. The average Bonchev–Trinajstić information content (AvgIpc) is 2.79. The van der Waals surface area contributed by atoms with Crippen LogP contribution in [-0.2, 0) is 12.8 Å². The van der Waals surface area contributed by atoms with Crippen molar-refractivity contribution in [3.8, 4) is 0 Å². The van der Waals surface area contributed by atoms with Gasteiger partial charge in [0.05, 0.1) is 0 Å². The van der Waals surface area contributed by atoms with Crippen LogP contribution in [0.15, 0.2) is 42.5 Å². The van der Waals surface area contributed by atoms with Gasteiger partial charge in [-0.2, -0.15) is 0 Å². The SMILES string of the molecule is O=C(O)c1ccc(CCCc2ccccc2)[nH]1. The Balaban J connectivity index is 1.84. The summed E-state index contributed by atoms with van der Waals surface area (Å²) in [7, 11) is 0. The molecule has 0 unspecified atom stereocenters. The van der Waals surface area contributed by atoms with Gasteiger partial charge in [0.2, 0.25) is 0 Å². The molecule has 2 rings (SSSR count). The number of aromatic amines is 1. The van der Waals surface area contributed by atoms with Crippen molar-refractivity contribution in [3.05, 3.63) is 59.4 Å². The van der Waals surface area contributed by atoms with Gasteiger partial charge in [-0.3, -0.25) is 0 Å². The minimum absolute atomic E-state index is 0.264. The van der Waals surface area contributed by atoms with Crippen LogP contribution in [0.3, 0.4) is 0 Å². The van der Waals surface area contributed by atoms with Crippen molar-refractivity contribution in [1.29, 1.82) is 0 Å². The van der Waals surface area contributed by atoms with Crippen LogP contribution in [0.1, 0.15) is 28.2 Å². The molecular weight excluding hydrogens is 214 g/mol. The number of aryl methyl sites for hydroxylation is 2. The highest BCUT2D eigenvalue weighted by molar-refractivity contribution is 5.85. The van der Waals surface area contributed by atoms with Crippen molar-refractivity contribution in [2.75, 3.05) is 0 Å². The lowest BCUT2D eigenvalue weighted by Crippen LogP contribution is -1.97. The summed E-state index contributed by atoms with van der Waals surface area (Å²) in [6.45, 7) is 0. The Hall–Kier alpha value is -2.03. The second-order valence-electron chi connectivity index (χ2n) is 4.04. The van der Waals surface area contributed by atoms with Crippen LogP contribution < -0.4 is 0 Å². The predicted molar refractivity (Wildman–Crippen MR) is 66.2 cm³/mol. The number of hydrogen-bond acceptors (Lipinski definition) is 1. The quantitative estimate of drug-likeness (QED) is 0.828. The Morgan fingerprint density at radius 3 is 2.47 bits per heavy atom. The summed E-state index contributed by atoms with van der Waals surface area (Å²) in [5, 5.41) is 8.77. The molecule has 0 atom stereocenters. The molecule has 17 heavy (non-hydrogen) atoms. The molecule has 1 aromatic carbocycles. The molecule has 1 heterocycles. The van der Waals surface area contributed by atoms with Crippen LogP contribution in [0.5, 0.6) is 0 Å². The Kier molecular flexibility index (Phi) is 3.60. The first kappa shape index (κ1) is 11.5. The first-order valence-corrected chi connectivity index (χ1v) is 5.71. The fraction of sp³-hybridized carbons (Fsp3) is 0.214. The number of benzene rings is 1. The van der Waals surface area contributed by atoms with E-state index in [1.54, 1.807) is 6.07 Å². The highest BCUT2D eigenvalue weighted by Crippen LogP contribution is 2.08. The Morgan fingerprint density at radius 2 is 1.82 bits per heavy atom. The van der Waals surface area contributed by atoms with E-state index in [9.17, 15) is 4.79 Å². The average molecular weight is 229 g/mol. The second-order valence-corrected chi connectivity index (χ2v) is 4.04. The smallest absolute Gasteiger partial charge is 0.352 e. The fourth-order valence-corrected chi connectivity index (χ4v) is 1.84. The molecule has 3 heteroatoms. The van der Waals surface area contributed by atoms with Crippen LogP contribution in [-0.4, -0.2) is 16.1 Å². The van der Waals surface area contributed by atoms with Gasteiger partial charge >= 0.3 is 5.97 Å². The van der Waals surface area contributed by atoms with E-state index >= 15 is 0 Å². The van der Waals surface area contributed by atoms with Crippen LogP contribution >= 0.6 is 0 Å². The molecule has 0 aliphatic rings. The number of nitrogens with one attached hydrogen (secondary N) is 1. The molecule has 0 fully saturated rings. The molecule has 0 saturated heterocycles. The minimum Gasteiger partial charge on any atom is -0.477 e. The largest absolute Gasteiger partial charge is 0.477 e. The number of carboxylic acids is 1. The number of aromatic carboxylic acids is 1. The van der Waals surface area contributed by atoms with Crippen molar-refractivity contribution in [1.82, 2.24) is 4.98 Å². The summed E-state index contributed by atoms with van der Waals surface area (Å²) >= 11 is 0. The maximum absolute atomic E-state index is 10.7. The van der Waals surface area contributed by atoms with Crippen molar-refractivity contribution in [2.24, 2.45) is 0 Å². The van der Waals surface area contributed by atoms with E-state index < -0.39 is 5.97 Å². The second kappa shape index (κ2) is 5.34. The van der Waals surface area contributed by atoms with Gasteiger partial charge < -0.3 is 10.1 Å². The number of rotatable bonds is 5. The van der Waals surface area contributed by atoms with E-state index in [2.05, 4.69) is 17.1 Å². The maximum Gasteiger partial charge on any atom is 0.352 e. The molecule has 0 aliphatic carbocycles. The Labute approximate surface area is 100 Å². The molecule has 0 spiro atoms. The van der Waals surface area contributed by atoms with Crippen LogP contribution in [0.2, 0.25) is 0 Å². The monoisotopic (exact) mass is 229 g/mol. The molecule has 1 aromatic heterocycles. The summed E-state index contributed by atoms with van der Waals surface area (Å²) < 4.78 is 0. The van der Waals surface area contributed by atoms with E-state index in [1.165, 1.54) is 5.56 Å². The normalized spacial score (nSPS) is 10.4. The number of aromatic nitrogens is 1. The van der Waals surface area contributed by atoms with Gasteiger partial charge in [0.15, 0.2) is 0 Å². The van der Waals surface area contributed by atoms with Crippen LogP contribution in [0.4, 0.5) is 0 Å². The zero-order chi connectivity index (χ0) is 12.1. The summed E-state index contributed by atoms with van der Waals surface area (Å²) in [5.41, 5.74) is 2.57. The zero-order valence-electron chi connectivity index (χ0n) is 9.52. The standard InChI is InChI=1S/C14H15NO2/c16-14(17)13-10-9-12(15-13)8-4-7-11-5-2-1-3-6-11/h1-3,5-6,9-10,15H,4,7-8H2,(H,16,17). The molecule has 0 radical (unpaired) electrons.